The number of rotatable bonds is 5. The minimum atomic E-state index is -3.74. The summed E-state index contributed by atoms with van der Waals surface area (Å²) in [4.78, 5) is 10.4. The summed E-state index contributed by atoms with van der Waals surface area (Å²) < 4.78 is 26.8. The molecule has 0 atom stereocenters. The number of anilines is 2. The van der Waals surface area contributed by atoms with E-state index in [0.717, 1.165) is 0 Å². The summed E-state index contributed by atoms with van der Waals surface area (Å²) in [5.41, 5.74) is 0.804. The highest BCUT2D eigenvalue weighted by molar-refractivity contribution is 7.92. The van der Waals surface area contributed by atoms with E-state index in [9.17, 15) is 13.2 Å². The molecule has 0 heterocycles. The molecular weight excluding hydrogens is 335 g/mol. The Morgan fingerprint density at radius 3 is 2.10 bits per heavy atom. The molecule has 8 heteroatoms. The Bertz CT molecular complexity index is 761. The van der Waals surface area contributed by atoms with Crippen molar-refractivity contribution in [3.8, 4) is 0 Å². The summed E-state index contributed by atoms with van der Waals surface area (Å²) in [6, 6.07) is 10.2. The monoisotopic (exact) mass is 344 g/mol. The molecular formula is C13H10Cl2N2O3S. The zero-order valence-electron chi connectivity index (χ0n) is 10.5. The van der Waals surface area contributed by atoms with E-state index in [1.807, 2.05) is 0 Å². The van der Waals surface area contributed by atoms with Gasteiger partial charge in [-0.25, -0.2) is 8.42 Å². The number of sulfonamides is 1. The smallest absolute Gasteiger partial charge is 0.261 e. The van der Waals surface area contributed by atoms with Gasteiger partial charge in [0.15, 0.2) is 0 Å². The molecule has 2 N–H and O–H groups in total. The highest BCUT2D eigenvalue weighted by Crippen LogP contribution is 2.26. The van der Waals surface area contributed by atoms with E-state index in [4.69, 9.17) is 23.2 Å². The number of halogens is 2. The molecule has 0 bridgehead atoms. The van der Waals surface area contributed by atoms with E-state index < -0.39 is 10.0 Å². The van der Waals surface area contributed by atoms with Crippen molar-refractivity contribution >= 4 is 51.0 Å². The topological polar surface area (TPSA) is 75.3 Å². The third-order valence-electron chi connectivity index (χ3n) is 2.56. The van der Waals surface area contributed by atoms with Crippen LogP contribution in [-0.2, 0) is 14.8 Å². The molecule has 2 aromatic carbocycles. The van der Waals surface area contributed by atoms with E-state index in [0.29, 0.717) is 22.8 Å². The number of amides is 1. The fraction of sp³-hybridized carbons (Fsp3) is 0. The van der Waals surface area contributed by atoms with Crippen LogP contribution in [0.4, 0.5) is 11.4 Å². The maximum Gasteiger partial charge on any atom is 0.261 e. The highest BCUT2D eigenvalue weighted by Gasteiger charge is 2.14. The van der Waals surface area contributed by atoms with Crippen molar-refractivity contribution in [2.24, 2.45) is 0 Å². The minimum absolute atomic E-state index is 0.0602. The molecule has 0 saturated heterocycles. The normalized spacial score (nSPS) is 11.0. The molecule has 0 aliphatic carbocycles. The first-order chi connectivity index (χ1) is 9.92. The Kier molecular flexibility index (Phi) is 4.72. The first-order valence-electron chi connectivity index (χ1n) is 5.70. The lowest BCUT2D eigenvalue weighted by molar-refractivity contribution is -0.105. The first kappa shape index (κ1) is 15.6. The van der Waals surface area contributed by atoms with Gasteiger partial charge < -0.3 is 5.32 Å². The van der Waals surface area contributed by atoms with Crippen molar-refractivity contribution in [1.29, 1.82) is 0 Å². The fourth-order valence-corrected chi connectivity index (χ4v) is 2.92. The molecule has 1 amide bonds. The zero-order valence-corrected chi connectivity index (χ0v) is 12.8. The number of hydrogen-bond donors (Lipinski definition) is 2. The molecule has 2 aromatic rings. The van der Waals surface area contributed by atoms with Gasteiger partial charge in [-0.15, -0.1) is 0 Å². The molecule has 0 saturated carbocycles. The molecule has 2 rings (SSSR count). The summed E-state index contributed by atoms with van der Waals surface area (Å²) >= 11 is 11.6. The molecule has 0 unspecified atom stereocenters. The first-order valence-corrected chi connectivity index (χ1v) is 7.94. The molecule has 0 aliphatic rings. The predicted octanol–water partition coefficient (Wildman–Crippen LogP) is 3.36. The van der Waals surface area contributed by atoms with Crippen molar-refractivity contribution in [3.05, 3.63) is 52.5 Å². The Morgan fingerprint density at radius 1 is 0.905 bits per heavy atom. The molecule has 21 heavy (non-hydrogen) atoms. The van der Waals surface area contributed by atoms with Gasteiger partial charge in [-0.3, -0.25) is 9.52 Å². The molecule has 0 fully saturated rings. The second kappa shape index (κ2) is 6.34. The van der Waals surface area contributed by atoms with Gasteiger partial charge in [0.2, 0.25) is 6.41 Å². The van der Waals surface area contributed by atoms with Crippen LogP contribution in [0.15, 0.2) is 47.4 Å². The van der Waals surface area contributed by atoms with Gasteiger partial charge in [0, 0.05) is 5.69 Å². The predicted molar refractivity (Wildman–Crippen MR) is 83.4 cm³/mol. The average Bonchev–Trinajstić information content (AvgIpc) is 2.44. The minimum Gasteiger partial charge on any atom is -0.329 e. The number of nitrogens with one attached hydrogen (secondary N) is 2. The van der Waals surface area contributed by atoms with Crippen LogP contribution in [0.25, 0.3) is 0 Å². The van der Waals surface area contributed by atoms with E-state index in [1.54, 1.807) is 0 Å². The molecule has 0 spiro atoms. The van der Waals surface area contributed by atoms with E-state index >= 15 is 0 Å². The summed E-state index contributed by atoms with van der Waals surface area (Å²) in [6.07, 6.45) is 0.511. The Labute approximate surface area is 131 Å². The molecule has 0 aromatic heterocycles. The van der Waals surface area contributed by atoms with Crippen molar-refractivity contribution in [3.63, 3.8) is 0 Å². The largest absolute Gasteiger partial charge is 0.329 e. The maximum absolute atomic E-state index is 12.2. The second-order valence-corrected chi connectivity index (χ2v) is 6.52. The SMILES string of the molecule is O=CNc1ccc(S(=O)(=O)Nc2ccc(Cl)c(Cl)c2)cc1. The van der Waals surface area contributed by atoms with Crippen LogP contribution < -0.4 is 10.0 Å². The Balaban J connectivity index is 2.24. The lowest BCUT2D eigenvalue weighted by atomic mass is 10.3. The van der Waals surface area contributed by atoms with Crippen LogP contribution in [-0.4, -0.2) is 14.8 Å². The number of benzene rings is 2. The van der Waals surface area contributed by atoms with Crippen LogP contribution in [0.3, 0.4) is 0 Å². The lowest BCUT2D eigenvalue weighted by Gasteiger charge is -2.09. The van der Waals surface area contributed by atoms with E-state index in [1.165, 1.54) is 42.5 Å². The molecule has 5 nitrogen and oxygen atoms in total. The highest BCUT2D eigenvalue weighted by atomic mass is 35.5. The van der Waals surface area contributed by atoms with Gasteiger partial charge in [-0.1, -0.05) is 23.2 Å². The summed E-state index contributed by atoms with van der Waals surface area (Å²) in [5.74, 6) is 0. The van der Waals surface area contributed by atoms with E-state index in [2.05, 4.69) is 10.0 Å². The summed E-state index contributed by atoms with van der Waals surface area (Å²) in [6.45, 7) is 0. The number of carbonyl (C=O) groups is 1. The summed E-state index contributed by atoms with van der Waals surface area (Å²) in [7, 11) is -3.74. The molecule has 0 radical (unpaired) electrons. The quantitative estimate of drug-likeness (QED) is 0.816. The number of hydrogen-bond acceptors (Lipinski definition) is 3. The van der Waals surface area contributed by atoms with Gasteiger partial charge in [0.1, 0.15) is 0 Å². The summed E-state index contributed by atoms with van der Waals surface area (Å²) in [5, 5.41) is 3.01. The maximum atomic E-state index is 12.2. The Hall–Kier alpha value is -1.76. The van der Waals surface area contributed by atoms with Crippen molar-refractivity contribution in [2.45, 2.75) is 4.90 Å². The van der Waals surface area contributed by atoms with Gasteiger partial charge in [0.25, 0.3) is 10.0 Å². The van der Waals surface area contributed by atoms with Crippen LogP contribution in [0, 0.1) is 0 Å². The standard InChI is InChI=1S/C13H10Cl2N2O3S/c14-12-6-3-10(7-13(12)15)17-21(19,20)11-4-1-9(2-5-11)16-8-18/h1-8,17H,(H,16,18). The second-order valence-electron chi connectivity index (χ2n) is 4.02. The number of carbonyl (C=O) groups excluding carboxylic acids is 1. The van der Waals surface area contributed by atoms with E-state index in [-0.39, 0.29) is 9.92 Å². The van der Waals surface area contributed by atoms with Crippen molar-refractivity contribution in [1.82, 2.24) is 0 Å². The van der Waals surface area contributed by atoms with Gasteiger partial charge in [0.05, 0.1) is 20.6 Å². The van der Waals surface area contributed by atoms with Crippen LogP contribution in [0.1, 0.15) is 0 Å². The van der Waals surface area contributed by atoms with Crippen LogP contribution >= 0.6 is 23.2 Å². The van der Waals surface area contributed by atoms with Crippen LogP contribution in [0.5, 0.6) is 0 Å². The van der Waals surface area contributed by atoms with Gasteiger partial charge in [-0.05, 0) is 42.5 Å². The molecule has 110 valence electrons. The Morgan fingerprint density at radius 2 is 1.52 bits per heavy atom. The molecule has 0 aliphatic heterocycles. The van der Waals surface area contributed by atoms with Crippen molar-refractivity contribution in [2.75, 3.05) is 10.0 Å². The van der Waals surface area contributed by atoms with Gasteiger partial charge in [-0.2, -0.15) is 0 Å². The third kappa shape index (κ3) is 3.87. The third-order valence-corrected chi connectivity index (χ3v) is 4.70. The lowest BCUT2D eigenvalue weighted by Crippen LogP contribution is -2.12. The van der Waals surface area contributed by atoms with Crippen LogP contribution in [0.2, 0.25) is 10.0 Å². The van der Waals surface area contributed by atoms with Gasteiger partial charge >= 0.3 is 0 Å². The average molecular weight is 345 g/mol. The zero-order chi connectivity index (χ0) is 15.5. The van der Waals surface area contributed by atoms with Crippen molar-refractivity contribution < 1.29 is 13.2 Å². The fourth-order valence-electron chi connectivity index (χ4n) is 1.57.